The Morgan fingerprint density at radius 1 is 1.36 bits per heavy atom. The van der Waals surface area contributed by atoms with Gasteiger partial charge < -0.3 is 25.3 Å². The number of carbonyl (C=O) groups excluding carboxylic acids is 2. The van der Waals surface area contributed by atoms with Gasteiger partial charge >= 0.3 is 5.97 Å². The third-order valence-corrected chi connectivity index (χ3v) is 3.43. The van der Waals surface area contributed by atoms with Gasteiger partial charge in [-0.25, -0.2) is 9.78 Å². The van der Waals surface area contributed by atoms with E-state index < -0.39 is 24.0 Å². The van der Waals surface area contributed by atoms with Gasteiger partial charge in [-0.1, -0.05) is 30.3 Å². The minimum Gasteiger partial charge on any atom is -0.464 e. The van der Waals surface area contributed by atoms with Crippen molar-refractivity contribution in [1.29, 1.82) is 0 Å². The SMILES string of the molecule is CCOC(=O)C(Cc1ccccc1)NC(=O)c1coc(C(N)CO)n1. The Labute approximate surface area is 145 Å². The van der Waals surface area contributed by atoms with E-state index in [1.54, 1.807) is 6.92 Å². The first kappa shape index (κ1) is 18.6. The quantitative estimate of drug-likeness (QED) is 0.596. The zero-order chi connectivity index (χ0) is 18.2. The highest BCUT2D eigenvalue weighted by Gasteiger charge is 2.25. The van der Waals surface area contributed by atoms with Crippen LogP contribution in [-0.2, 0) is 16.0 Å². The zero-order valence-electron chi connectivity index (χ0n) is 13.8. The molecule has 0 radical (unpaired) electrons. The number of amides is 1. The summed E-state index contributed by atoms with van der Waals surface area (Å²) in [6, 6.07) is 7.59. The number of hydrogen-bond acceptors (Lipinski definition) is 7. The maximum absolute atomic E-state index is 12.3. The lowest BCUT2D eigenvalue weighted by atomic mass is 10.1. The van der Waals surface area contributed by atoms with Crippen LogP contribution < -0.4 is 11.1 Å². The van der Waals surface area contributed by atoms with Gasteiger partial charge in [0.15, 0.2) is 5.69 Å². The van der Waals surface area contributed by atoms with Gasteiger partial charge in [0.2, 0.25) is 5.89 Å². The Kier molecular flexibility index (Phi) is 6.67. The molecule has 2 unspecified atom stereocenters. The molecule has 0 aliphatic carbocycles. The number of hydrogen-bond donors (Lipinski definition) is 3. The molecule has 0 aliphatic rings. The van der Waals surface area contributed by atoms with E-state index in [2.05, 4.69) is 10.3 Å². The summed E-state index contributed by atoms with van der Waals surface area (Å²) in [5.41, 5.74) is 6.44. The van der Waals surface area contributed by atoms with Crippen LogP contribution in [0, 0.1) is 0 Å². The summed E-state index contributed by atoms with van der Waals surface area (Å²) in [6.45, 7) is 1.54. The minimum absolute atomic E-state index is 0.0266. The lowest BCUT2D eigenvalue weighted by molar-refractivity contribution is -0.145. The molecular weight excluding hydrogens is 326 g/mol. The standard InChI is InChI=1S/C17H21N3O5/c1-2-24-17(23)13(8-11-6-4-3-5-7-11)19-15(22)14-10-25-16(20-14)12(18)9-21/h3-7,10,12-13,21H,2,8-9,18H2,1H3,(H,19,22). The minimum atomic E-state index is -0.860. The number of aromatic nitrogens is 1. The molecule has 0 bridgehead atoms. The van der Waals surface area contributed by atoms with Crippen molar-refractivity contribution in [1.82, 2.24) is 10.3 Å². The molecule has 1 heterocycles. The lowest BCUT2D eigenvalue weighted by Crippen LogP contribution is -2.43. The van der Waals surface area contributed by atoms with E-state index in [-0.39, 0.29) is 31.2 Å². The molecule has 8 heteroatoms. The fourth-order valence-electron chi connectivity index (χ4n) is 2.16. The highest BCUT2D eigenvalue weighted by molar-refractivity contribution is 5.95. The second-order valence-electron chi connectivity index (χ2n) is 5.33. The zero-order valence-corrected chi connectivity index (χ0v) is 13.8. The smallest absolute Gasteiger partial charge is 0.328 e. The molecule has 8 nitrogen and oxygen atoms in total. The van der Waals surface area contributed by atoms with E-state index >= 15 is 0 Å². The summed E-state index contributed by atoms with van der Waals surface area (Å²) < 4.78 is 10.1. The molecule has 1 amide bonds. The molecule has 2 atom stereocenters. The largest absolute Gasteiger partial charge is 0.464 e. The number of nitrogens with one attached hydrogen (secondary N) is 1. The summed E-state index contributed by atoms with van der Waals surface area (Å²) in [6.07, 6.45) is 1.41. The molecule has 134 valence electrons. The van der Waals surface area contributed by atoms with Crippen LogP contribution in [0.4, 0.5) is 0 Å². The van der Waals surface area contributed by atoms with Gasteiger partial charge in [-0.2, -0.15) is 0 Å². The van der Waals surface area contributed by atoms with E-state index in [9.17, 15) is 9.59 Å². The number of nitrogens with two attached hydrogens (primary N) is 1. The molecule has 0 aliphatic heterocycles. The monoisotopic (exact) mass is 347 g/mol. The normalized spacial score (nSPS) is 13.1. The van der Waals surface area contributed by atoms with Gasteiger partial charge in [-0.05, 0) is 12.5 Å². The van der Waals surface area contributed by atoms with Crippen LogP contribution in [0.25, 0.3) is 0 Å². The third kappa shape index (κ3) is 5.13. The van der Waals surface area contributed by atoms with Crippen molar-refractivity contribution >= 4 is 11.9 Å². The first-order valence-corrected chi connectivity index (χ1v) is 7.88. The lowest BCUT2D eigenvalue weighted by Gasteiger charge is -2.16. The van der Waals surface area contributed by atoms with E-state index in [0.717, 1.165) is 11.8 Å². The van der Waals surface area contributed by atoms with Crippen LogP contribution in [-0.4, -0.2) is 41.2 Å². The first-order chi connectivity index (χ1) is 12.0. The van der Waals surface area contributed by atoms with Crippen molar-refractivity contribution < 1.29 is 23.8 Å². The van der Waals surface area contributed by atoms with Crippen molar-refractivity contribution in [2.45, 2.75) is 25.4 Å². The summed E-state index contributed by atoms with van der Waals surface area (Å²) in [7, 11) is 0. The first-order valence-electron chi connectivity index (χ1n) is 7.88. The topological polar surface area (TPSA) is 128 Å². The Morgan fingerprint density at radius 2 is 2.08 bits per heavy atom. The summed E-state index contributed by atoms with van der Waals surface area (Å²) >= 11 is 0. The number of benzene rings is 1. The van der Waals surface area contributed by atoms with E-state index in [0.29, 0.717) is 0 Å². The number of carbonyl (C=O) groups is 2. The average Bonchev–Trinajstić information content (AvgIpc) is 3.12. The molecule has 0 saturated heterocycles. The third-order valence-electron chi connectivity index (χ3n) is 3.43. The number of ether oxygens (including phenoxy) is 1. The Bertz CT molecular complexity index is 701. The molecule has 4 N–H and O–H groups in total. The number of esters is 1. The van der Waals surface area contributed by atoms with Crippen molar-refractivity contribution in [3.8, 4) is 0 Å². The van der Waals surface area contributed by atoms with E-state index in [1.165, 1.54) is 0 Å². The van der Waals surface area contributed by atoms with Gasteiger partial charge in [0.25, 0.3) is 5.91 Å². The maximum atomic E-state index is 12.3. The van der Waals surface area contributed by atoms with E-state index in [4.69, 9.17) is 20.0 Å². The molecule has 0 spiro atoms. The molecule has 1 aromatic carbocycles. The van der Waals surface area contributed by atoms with Gasteiger partial charge in [0.05, 0.1) is 13.2 Å². The highest BCUT2D eigenvalue weighted by atomic mass is 16.5. The number of oxazole rings is 1. The molecule has 25 heavy (non-hydrogen) atoms. The predicted octanol–water partition coefficient (Wildman–Crippen LogP) is 0.571. The van der Waals surface area contributed by atoms with Crippen LogP contribution in [0.2, 0.25) is 0 Å². The van der Waals surface area contributed by atoms with Crippen molar-refractivity contribution in [3.05, 3.63) is 53.7 Å². The van der Waals surface area contributed by atoms with Crippen molar-refractivity contribution in [2.75, 3.05) is 13.2 Å². The second kappa shape index (κ2) is 8.95. The molecule has 1 aromatic heterocycles. The summed E-state index contributed by atoms with van der Waals surface area (Å²) in [5, 5.41) is 11.6. The van der Waals surface area contributed by atoms with Crippen LogP contribution >= 0.6 is 0 Å². The maximum Gasteiger partial charge on any atom is 0.328 e. The fourth-order valence-corrected chi connectivity index (χ4v) is 2.16. The highest BCUT2D eigenvalue weighted by Crippen LogP contribution is 2.11. The Morgan fingerprint density at radius 3 is 2.72 bits per heavy atom. The number of nitrogens with zero attached hydrogens (tertiary/aromatic N) is 1. The molecule has 0 saturated carbocycles. The van der Waals surface area contributed by atoms with E-state index in [1.807, 2.05) is 30.3 Å². The molecular formula is C17H21N3O5. The van der Waals surface area contributed by atoms with Crippen LogP contribution in [0.5, 0.6) is 0 Å². The van der Waals surface area contributed by atoms with Crippen LogP contribution in [0.3, 0.4) is 0 Å². The van der Waals surface area contributed by atoms with Crippen molar-refractivity contribution in [3.63, 3.8) is 0 Å². The number of aliphatic hydroxyl groups is 1. The van der Waals surface area contributed by atoms with Gasteiger partial charge in [0.1, 0.15) is 18.3 Å². The van der Waals surface area contributed by atoms with Gasteiger partial charge in [-0.15, -0.1) is 0 Å². The Balaban J connectivity index is 2.10. The fraction of sp³-hybridized carbons (Fsp3) is 0.353. The number of aliphatic hydroxyl groups excluding tert-OH is 1. The molecule has 2 aromatic rings. The van der Waals surface area contributed by atoms with Crippen molar-refractivity contribution in [2.24, 2.45) is 5.73 Å². The second-order valence-corrected chi connectivity index (χ2v) is 5.33. The van der Waals surface area contributed by atoms with Gasteiger partial charge in [0, 0.05) is 6.42 Å². The molecule has 0 fully saturated rings. The summed E-state index contributed by atoms with van der Waals surface area (Å²) in [4.78, 5) is 28.4. The van der Waals surface area contributed by atoms with Gasteiger partial charge in [-0.3, -0.25) is 4.79 Å². The average molecular weight is 347 g/mol. The molecule has 2 rings (SSSR count). The van der Waals surface area contributed by atoms with Crippen LogP contribution in [0.15, 0.2) is 41.0 Å². The van der Waals surface area contributed by atoms with Crippen LogP contribution in [0.1, 0.15) is 34.9 Å². The number of rotatable bonds is 8. The predicted molar refractivity (Wildman–Crippen MR) is 88.6 cm³/mol. The Hall–Kier alpha value is -2.71. The summed E-state index contributed by atoms with van der Waals surface area (Å²) in [5.74, 6) is -1.08.